The summed E-state index contributed by atoms with van der Waals surface area (Å²) < 4.78 is 1.08. The first-order valence-corrected chi connectivity index (χ1v) is 9.35. The molecule has 0 unspecified atom stereocenters. The van der Waals surface area contributed by atoms with Gasteiger partial charge in [-0.3, -0.25) is 9.78 Å². The van der Waals surface area contributed by atoms with Gasteiger partial charge < -0.3 is 5.32 Å². The number of rotatable bonds is 3. The molecule has 2 heterocycles. The van der Waals surface area contributed by atoms with Gasteiger partial charge in [0.1, 0.15) is 0 Å². The summed E-state index contributed by atoms with van der Waals surface area (Å²) in [6.07, 6.45) is 0.296. The number of hydrogen-bond donors (Lipinski definition) is 1. The lowest BCUT2D eigenvalue weighted by atomic mass is 9.99. The van der Waals surface area contributed by atoms with E-state index >= 15 is 0 Å². The number of hydrogen-bond acceptors (Lipinski definition) is 4. The molecule has 0 atom stereocenters. The highest BCUT2D eigenvalue weighted by Crippen LogP contribution is 2.28. The van der Waals surface area contributed by atoms with Crippen molar-refractivity contribution in [1.29, 1.82) is 0 Å². The number of thiazole rings is 1. The summed E-state index contributed by atoms with van der Waals surface area (Å²) in [6.45, 7) is 6.05. The van der Waals surface area contributed by atoms with Crippen LogP contribution in [0.5, 0.6) is 0 Å². The number of anilines is 1. The Labute approximate surface area is 155 Å². The van der Waals surface area contributed by atoms with E-state index in [0.29, 0.717) is 11.6 Å². The maximum Gasteiger partial charge on any atom is 0.230 e. The monoisotopic (exact) mass is 361 g/mol. The lowest BCUT2D eigenvalue weighted by Gasteiger charge is -2.12. The van der Waals surface area contributed by atoms with Crippen molar-refractivity contribution in [2.45, 2.75) is 27.2 Å². The SMILES string of the molecule is Cc1nc2ccccc2c(C)c1CC(=O)Nc1nc2c(C)cccc2s1. The zero-order valence-electron chi connectivity index (χ0n) is 15.0. The third-order valence-electron chi connectivity index (χ3n) is 4.69. The first-order chi connectivity index (χ1) is 12.5. The molecule has 0 fully saturated rings. The van der Waals surface area contributed by atoms with Gasteiger partial charge in [-0.05, 0) is 49.6 Å². The summed E-state index contributed by atoms with van der Waals surface area (Å²) in [5.74, 6) is -0.0648. The van der Waals surface area contributed by atoms with Crippen molar-refractivity contribution in [3.8, 4) is 0 Å². The fourth-order valence-electron chi connectivity index (χ4n) is 3.29. The van der Waals surface area contributed by atoms with Crippen LogP contribution in [0.3, 0.4) is 0 Å². The predicted octanol–water partition coefficient (Wildman–Crippen LogP) is 4.95. The molecule has 2 aromatic heterocycles. The van der Waals surface area contributed by atoms with E-state index in [2.05, 4.69) is 28.3 Å². The quantitative estimate of drug-likeness (QED) is 0.562. The molecule has 4 nitrogen and oxygen atoms in total. The van der Waals surface area contributed by atoms with E-state index in [4.69, 9.17) is 0 Å². The van der Waals surface area contributed by atoms with Crippen molar-refractivity contribution < 1.29 is 4.79 Å². The molecule has 130 valence electrons. The number of nitrogens with one attached hydrogen (secondary N) is 1. The third-order valence-corrected chi connectivity index (χ3v) is 5.63. The van der Waals surface area contributed by atoms with Gasteiger partial charge in [-0.25, -0.2) is 4.98 Å². The van der Waals surface area contributed by atoms with Gasteiger partial charge in [0.2, 0.25) is 5.91 Å². The van der Waals surface area contributed by atoms with Gasteiger partial charge >= 0.3 is 0 Å². The summed E-state index contributed by atoms with van der Waals surface area (Å²) in [5.41, 5.74) is 6.03. The number of pyridine rings is 1. The van der Waals surface area contributed by atoms with E-state index in [1.54, 1.807) is 0 Å². The molecule has 0 saturated heterocycles. The van der Waals surface area contributed by atoms with Gasteiger partial charge in [-0.1, -0.05) is 41.7 Å². The summed E-state index contributed by atoms with van der Waals surface area (Å²) in [6, 6.07) is 14.1. The highest BCUT2D eigenvalue weighted by Gasteiger charge is 2.15. The predicted molar refractivity (Wildman–Crippen MR) is 108 cm³/mol. The van der Waals surface area contributed by atoms with Crippen LogP contribution in [0, 0.1) is 20.8 Å². The number of para-hydroxylation sites is 2. The Bertz CT molecular complexity index is 1150. The molecule has 0 bridgehead atoms. The number of benzene rings is 2. The second-order valence-corrected chi connectivity index (χ2v) is 7.51. The number of carbonyl (C=O) groups is 1. The Hall–Kier alpha value is -2.79. The van der Waals surface area contributed by atoms with Crippen molar-refractivity contribution in [3.05, 3.63) is 64.8 Å². The zero-order chi connectivity index (χ0) is 18.3. The van der Waals surface area contributed by atoms with Gasteiger partial charge in [0.25, 0.3) is 0 Å². The first kappa shape index (κ1) is 16.7. The van der Waals surface area contributed by atoms with Crippen LogP contribution < -0.4 is 5.32 Å². The highest BCUT2D eigenvalue weighted by molar-refractivity contribution is 7.22. The third kappa shape index (κ3) is 2.95. The van der Waals surface area contributed by atoms with E-state index in [-0.39, 0.29) is 5.91 Å². The summed E-state index contributed by atoms with van der Waals surface area (Å²) in [4.78, 5) is 21.8. The molecule has 0 aliphatic carbocycles. The molecule has 0 aliphatic heterocycles. The fourth-order valence-corrected chi connectivity index (χ4v) is 4.25. The Morgan fingerprint density at radius 3 is 2.65 bits per heavy atom. The maximum absolute atomic E-state index is 12.6. The van der Waals surface area contributed by atoms with Crippen LogP contribution in [0.25, 0.3) is 21.1 Å². The Kier molecular flexibility index (Phi) is 4.17. The number of amides is 1. The molecule has 26 heavy (non-hydrogen) atoms. The molecule has 2 aromatic carbocycles. The van der Waals surface area contributed by atoms with Gasteiger partial charge in [0, 0.05) is 11.1 Å². The molecule has 5 heteroatoms. The fraction of sp³-hybridized carbons (Fsp3) is 0.190. The number of carbonyl (C=O) groups excluding carboxylic acids is 1. The molecule has 0 saturated carbocycles. The van der Waals surface area contributed by atoms with E-state index in [0.717, 1.165) is 43.5 Å². The van der Waals surface area contributed by atoms with Gasteiger partial charge in [-0.15, -0.1) is 0 Å². The van der Waals surface area contributed by atoms with Gasteiger partial charge in [0.05, 0.1) is 22.2 Å². The van der Waals surface area contributed by atoms with Crippen molar-refractivity contribution >= 4 is 43.5 Å². The van der Waals surface area contributed by atoms with Crippen molar-refractivity contribution in [1.82, 2.24) is 9.97 Å². The summed E-state index contributed by atoms with van der Waals surface area (Å²) >= 11 is 1.50. The van der Waals surface area contributed by atoms with E-state index < -0.39 is 0 Å². The Balaban J connectivity index is 1.61. The summed E-state index contributed by atoms with van der Waals surface area (Å²) in [5, 5.41) is 4.69. The number of aryl methyl sites for hydroxylation is 3. The van der Waals surface area contributed by atoms with Crippen LogP contribution in [0.1, 0.15) is 22.4 Å². The smallest absolute Gasteiger partial charge is 0.230 e. The molecule has 0 aliphatic rings. The number of fused-ring (bicyclic) bond motifs is 2. The normalized spacial score (nSPS) is 11.2. The molecule has 0 spiro atoms. The minimum atomic E-state index is -0.0648. The minimum absolute atomic E-state index is 0.0648. The van der Waals surface area contributed by atoms with Crippen molar-refractivity contribution in [2.75, 3.05) is 5.32 Å². The Morgan fingerprint density at radius 2 is 1.85 bits per heavy atom. The van der Waals surface area contributed by atoms with E-state index in [1.165, 1.54) is 11.3 Å². The maximum atomic E-state index is 12.6. The highest BCUT2D eigenvalue weighted by atomic mass is 32.1. The number of aromatic nitrogens is 2. The Morgan fingerprint density at radius 1 is 1.04 bits per heavy atom. The zero-order valence-corrected chi connectivity index (χ0v) is 15.8. The largest absolute Gasteiger partial charge is 0.302 e. The van der Waals surface area contributed by atoms with E-state index in [9.17, 15) is 4.79 Å². The summed E-state index contributed by atoms with van der Waals surface area (Å²) in [7, 11) is 0. The molecular weight excluding hydrogens is 342 g/mol. The van der Waals surface area contributed by atoms with E-state index in [1.807, 2.05) is 50.2 Å². The standard InChI is InChI=1S/C21H19N3OS/c1-12-7-6-10-18-20(12)24-21(26-18)23-19(25)11-16-13(2)15-8-4-5-9-17(15)22-14(16)3/h4-10H,11H2,1-3H3,(H,23,24,25). The average molecular weight is 361 g/mol. The van der Waals surface area contributed by atoms with Gasteiger partial charge in [0.15, 0.2) is 5.13 Å². The molecule has 4 rings (SSSR count). The van der Waals surface area contributed by atoms with Gasteiger partial charge in [-0.2, -0.15) is 0 Å². The first-order valence-electron chi connectivity index (χ1n) is 8.54. The van der Waals surface area contributed by atoms with Crippen molar-refractivity contribution in [3.63, 3.8) is 0 Å². The van der Waals surface area contributed by atoms with Crippen LogP contribution >= 0.6 is 11.3 Å². The van der Waals surface area contributed by atoms with Crippen LogP contribution in [-0.2, 0) is 11.2 Å². The lowest BCUT2D eigenvalue weighted by molar-refractivity contribution is -0.115. The van der Waals surface area contributed by atoms with Crippen LogP contribution in [0.2, 0.25) is 0 Å². The lowest BCUT2D eigenvalue weighted by Crippen LogP contribution is -2.16. The minimum Gasteiger partial charge on any atom is -0.302 e. The molecule has 0 radical (unpaired) electrons. The van der Waals surface area contributed by atoms with Crippen LogP contribution in [0.4, 0.5) is 5.13 Å². The topological polar surface area (TPSA) is 54.9 Å². The molecular formula is C21H19N3OS. The molecule has 1 amide bonds. The van der Waals surface area contributed by atoms with Crippen LogP contribution in [0.15, 0.2) is 42.5 Å². The molecule has 1 N–H and O–H groups in total. The second-order valence-electron chi connectivity index (χ2n) is 6.48. The van der Waals surface area contributed by atoms with Crippen molar-refractivity contribution in [2.24, 2.45) is 0 Å². The van der Waals surface area contributed by atoms with Crippen LogP contribution in [-0.4, -0.2) is 15.9 Å². The second kappa shape index (κ2) is 6.50. The molecule has 4 aromatic rings. The average Bonchev–Trinajstić information content (AvgIpc) is 3.02. The number of nitrogens with zero attached hydrogens (tertiary/aromatic N) is 2.